The lowest BCUT2D eigenvalue weighted by molar-refractivity contribution is -0.170. The molecule has 0 heterocycles. The van der Waals surface area contributed by atoms with Crippen molar-refractivity contribution in [2.75, 3.05) is 59.6 Å². The van der Waals surface area contributed by atoms with Crippen LogP contribution in [-0.2, 0) is 28.4 Å². The van der Waals surface area contributed by atoms with E-state index in [1.54, 1.807) is 0 Å². The molecule has 6 nitrogen and oxygen atoms in total. The minimum atomic E-state index is -0.152. The first-order chi connectivity index (χ1) is 13.7. The fraction of sp³-hybridized carbons (Fsp3) is 1.00. The first-order valence-corrected chi connectivity index (χ1v) is 11.2. The van der Waals surface area contributed by atoms with Crippen LogP contribution in [0.4, 0.5) is 0 Å². The van der Waals surface area contributed by atoms with E-state index in [0.717, 1.165) is 0 Å². The first kappa shape index (κ1) is 28.8. The largest absolute Gasteiger partial charge is 0.378 e. The normalized spacial score (nSPS) is 12.6. The van der Waals surface area contributed by atoms with E-state index < -0.39 is 0 Å². The molecule has 0 spiro atoms. The van der Waals surface area contributed by atoms with Crippen LogP contribution in [-0.4, -0.2) is 71.9 Å². The van der Waals surface area contributed by atoms with Gasteiger partial charge in [0.15, 0.2) is 0 Å². The standard InChI is InChI=1S/C23H48O6/c1-18(2)9-24-13-22(14-25-10-19(3)4)28-17-29-23(15-26-11-20(5)6)16-27-12-21(7)8/h18-23H,9-17H2,1-8H3. The Bertz CT molecular complexity index is 286. The smallest absolute Gasteiger partial charge is 0.147 e. The second-order valence-corrected chi connectivity index (χ2v) is 9.42. The van der Waals surface area contributed by atoms with E-state index in [2.05, 4.69) is 55.4 Å². The Morgan fingerprint density at radius 1 is 0.379 bits per heavy atom. The molecule has 0 fully saturated rings. The van der Waals surface area contributed by atoms with Crippen molar-refractivity contribution < 1.29 is 28.4 Å². The molecule has 0 aliphatic carbocycles. The average molecular weight is 421 g/mol. The van der Waals surface area contributed by atoms with Crippen LogP contribution in [0.3, 0.4) is 0 Å². The Hall–Kier alpha value is -0.240. The zero-order valence-corrected chi connectivity index (χ0v) is 20.3. The van der Waals surface area contributed by atoms with Gasteiger partial charge in [-0.15, -0.1) is 0 Å². The third-order valence-electron chi connectivity index (χ3n) is 3.63. The van der Waals surface area contributed by atoms with Crippen molar-refractivity contribution in [1.82, 2.24) is 0 Å². The van der Waals surface area contributed by atoms with Gasteiger partial charge in [-0.1, -0.05) is 55.4 Å². The predicted molar refractivity (Wildman–Crippen MR) is 117 cm³/mol. The van der Waals surface area contributed by atoms with Gasteiger partial charge in [0.1, 0.15) is 19.0 Å². The van der Waals surface area contributed by atoms with Crippen LogP contribution in [0.25, 0.3) is 0 Å². The van der Waals surface area contributed by atoms with Crippen molar-refractivity contribution in [2.45, 2.75) is 67.6 Å². The molecule has 0 amide bonds. The summed E-state index contributed by atoms with van der Waals surface area (Å²) in [4.78, 5) is 0. The minimum absolute atomic E-state index is 0.152. The summed E-state index contributed by atoms with van der Waals surface area (Å²) in [7, 11) is 0. The SMILES string of the molecule is CC(C)COCC(COCC(C)C)OCOC(COCC(C)C)COCC(C)C. The van der Waals surface area contributed by atoms with E-state index >= 15 is 0 Å². The van der Waals surface area contributed by atoms with Crippen molar-refractivity contribution in [1.29, 1.82) is 0 Å². The van der Waals surface area contributed by atoms with Gasteiger partial charge in [0, 0.05) is 26.4 Å². The Kier molecular flexibility index (Phi) is 18.4. The molecule has 0 atom stereocenters. The number of hydrogen-bond donors (Lipinski definition) is 0. The number of hydrogen-bond acceptors (Lipinski definition) is 6. The zero-order valence-electron chi connectivity index (χ0n) is 20.3. The third-order valence-corrected chi connectivity index (χ3v) is 3.63. The number of ether oxygens (including phenoxy) is 6. The van der Waals surface area contributed by atoms with Crippen LogP contribution in [0.5, 0.6) is 0 Å². The van der Waals surface area contributed by atoms with Gasteiger partial charge in [0.05, 0.1) is 26.4 Å². The van der Waals surface area contributed by atoms with Crippen molar-refractivity contribution in [3.8, 4) is 0 Å². The fourth-order valence-electron chi connectivity index (χ4n) is 2.26. The maximum atomic E-state index is 5.91. The van der Waals surface area contributed by atoms with Crippen LogP contribution in [0.2, 0.25) is 0 Å². The molecule has 0 aromatic rings. The van der Waals surface area contributed by atoms with Gasteiger partial charge in [0.2, 0.25) is 0 Å². The second-order valence-electron chi connectivity index (χ2n) is 9.42. The number of rotatable bonds is 20. The molecule has 176 valence electrons. The highest BCUT2D eigenvalue weighted by molar-refractivity contribution is 4.59. The molecule has 0 aliphatic rings. The molecule has 0 unspecified atom stereocenters. The van der Waals surface area contributed by atoms with E-state index in [1.165, 1.54) is 0 Å². The van der Waals surface area contributed by atoms with Gasteiger partial charge in [-0.3, -0.25) is 0 Å². The topological polar surface area (TPSA) is 55.4 Å². The van der Waals surface area contributed by atoms with E-state index in [0.29, 0.717) is 76.5 Å². The van der Waals surface area contributed by atoms with E-state index in [1.807, 2.05) is 0 Å². The van der Waals surface area contributed by atoms with Crippen LogP contribution >= 0.6 is 0 Å². The summed E-state index contributed by atoms with van der Waals surface area (Å²) >= 11 is 0. The molecular weight excluding hydrogens is 372 g/mol. The van der Waals surface area contributed by atoms with E-state index in [4.69, 9.17) is 28.4 Å². The zero-order chi connectivity index (χ0) is 22.1. The molecule has 29 heavy (non-hydrogen) atoms. The molecule has 6 heteroatoms. The Morgan fingerprint density at radius 3 is 0.828 bits per heavy atom. The van der Waals surface area contributed by atoms with Gasteiger partial charge in [0.25, 0.3) is 0 Å². The second kappa shape index (κ2) is 18.5. The summed E-state index contributed by atoms with van der Waals surface area (Å²) in [5.74, 6) is 1.96. The lowest BCUT2D eigenvalue weighted by Crippen LogP contribution is -2.32. The molecule has 0 saturated carbocycles. The van der Waals surface area contributed by atoms with Crippen LogP contribution in [0.1, 0.15) is 55.4 Å². The van der Waals surface area contributed by atoms with Crippen molar-refractivity contribution in [2.24, 2.45) is 23.7 Å². The summed E-state index contributed by atoms with van der Waals surface area (Å²) in [6.07, 6.45) is -0.303. The highest BCUT2D eigenvalue weighted by atomic mass is 16.7. The van der Waals surface area contributed by atoms with Crippen LogP contribution in [0, 0.1) is 23.7 Å². The molecule has 0 aliphatic heterocycles. The van der Waals surface area contributed by atoms with Crippen molar-refractivity contribution >= 4 is 0 Å². The Morgan fingerprint density at radius 2 is 0.621 bits per heavy atom. The summed E-state index contributed by atoms with van der Waals surface area (Å²) in [5, 5.41) is 0. The van der Waals surface area contributed by atoms with Crippen LogP contribution < -0.4 is 0 Å². The predicted octanol–water partition coefficient (Wildman–Crippen LogP) is 4.40. The molecule has 0 radical (unpaired) electrons. The maximum Gasteiger partial charge on any atom is 0.147 e. The van der Waals surface area contributed by atoms with Gasteiger partial charge < -0.3 is 28.4 Å². The van der Waals surface area contributed by atoms with Gasteiger partial charge >= 0.3 is 0 Å². The molecular formula is C23H48O6. The molecule has 0 bridgehead atoms. The minimum Gasteiger partial charge on any atom is -0.378 e. The van der Waals surface area contributed by atoms with Gasteiger partial charge in [-0.2, -0.15) is 0 Å². The summed E-state index contributed by atoms with van der Waals surface area (Å²) < 4.78 is 34.8. The molecule has 0 saturated heterocycles. The highest BCUT2D eigenvalue weighted by Gasteiger charge is 2.15. The average Bonchev–Trinajstić information content (AvgIpc) is 2.59. The van der Waals surface area contributed by atoms with Crippen molar-refractivity contribution in [3.05, 3.63) is 0 Å². The van der Waals surface area contributed by atoms with Gasteiger partial charge in [-0.05, 0) is 23.7 Å². The van der Waals surface area contributed by atoms with Crippen LogP contribution in [0.15, 0.2) is 0 Å². The fourth-order valence-corrected chi connectivity index (χ4v) is 2.26. The molecule has 0 rings (SSSR count). The van der Waals surface area contributed by atoms with E-state index in [9.17, 15) is 0 Å². The highest BCUT2D eigenvalue weighted by Crippen LogP contribution is 2.05. The molecule has 0 aromatic heterocycles. The molecule has 0 N–H and O–H groups in total. The Balaban J connectivity index is 4.39. The summed E-state index contributed by atoms with van der Waals surface area (Å²) in [6.45, 7) is 22.0. The first-order valence-electron chi connectivity index (χ1n) is 11.2. The monoisotopic (exact) mass is 420 g/mol. The maximum absolute atomic E-state index is 5.91. The quantitative estimate of drug-likeness (QED) is 0.272. The third kappa shape index (κ3) is 20.8. The lowest BCUT2D eigenvalue weighted by Gasteiger charge is -2.23. The van der Waals surface area contributed by atoms with E-state index in [-0.39, 0.29) is 19.0 Å². The van der Waals surface area contributed by atoms with Gasteiger partial charge in [-0.25, -0.2) is 0 Å². The van der Waals surface area contributed by atoms with Crippen molar-refractivity contribution in [3.63, 3.8) is 0 Å². The molecule has 0 aromatic carbocycles. The Labute approximate surface area is 179 Å². The summed E-state index contributed by atoms with van der Waals surface area (Å²) in [6, 6.07) is 0. The lowest BCUT2D eigenvalue weighted by atomic mass is 10.2. The summed E-state index contributed by atoms with van der Waals surface area (Å²) in [5.41, 5.74) is 0.